The van der Waals surface area contributed by atoms with Crippen molar-refractivity contribution >= 4 is 0 Å². The molecule has 0 fully saturated rings. The third-order valence-corrected chi connectivity index (χ3v) is 3.12. The highest BCUT2D eigenvalue weighted by molar-refractivity contribution is 5.11. The van der Waals surface area contributed by atoms with Gasteiger partial charge in [0, 0.05) is 0 Å². The van der Waals surface area contributed by atoms with Crippen LogP contribution in [0, 0.1) is 5.92 Å². The van der Waals surface area contributed by atoms with E-state index in [1.54, 1.807) is 0 Å². The molecule has 1 unspecified atom stereocenters. The van der Waals surface area contributed by atoms with Gasteiger partial charge in [0.15, 0.2) is 0 Å². The molecule has 1 nitrogen and oxygen atoms in total. The molecular formula is C12H24O. The van der Waals surface area contributed by atoms with Crippen molar-refractivity contribution in [3.8, 4) is 0 Å². The molecule has 0 aliphatic rings. The Morgan fingerprint density at radius 3 is 2.15 bits per heavy atom. The van der Waals surface area contributed by atoms with E-state index in [-0.39, 0.29) is 0 Å². The van der Waals surface area contributed by atoms with E-state index in [9.17, 15) is 5.11 Å². The van der Waals surface area contributed by atoms with E-state index in [1.807, 2.05) is 26.8 Å². The number of hydrogen-bond donors (Lipinski definition) is 1. The quantitative estimate of drug-likeness (QED) is 0.648. The summed E-state index contributed by atoms with van der Waals surface area (Å²) in [4.78, 5) is 0. The highest BCUT2D eigenvalue weighted by Crippen LogP contribution is 2.27. The third-order valence-electron chi connectivity index (χ3n) is 3.12. The van der Waals surface area contributed by atoms with Crippen LogP contribution in [0.25, 0.3) is 0 Å². The van der Waals surface area contributed by atoms with E-state index in [0.29, 0.717) is 5.92 Å². The van der Waals surface area contributed by atoms with Gasteiger partial charge in [-0.1, -0.05) is 32.8 Å². The zero-order valence-electron chi connectivity index (χ0n) is 9.72. The highest BCUT2D eigenvalue weighted by atomic mass is 16.3. The molecule has 0 heterocycles. The zero-order chi connectivity index (χ0) is 10.5. The Hall–Kier alpha value is -0.300. The average Bonchev–Trinajstić information content (AvgIpc) is 2.12. The van der Waals surface area contributed by atoms with Crippen LogP contribution in [0.5, 0.6) is 0 Å². The lowest BCUT2D eigenvalue weighted by Crippen LogP contribution is -2.28. The molecule has 0 radical (unpaired) electrons. The van der Waals surface area contributed by atoms with Gasteiger partial charge in [-0.05, 0) is 38.7 Å². The fourth-order valence-electron chi connectivity index (χ4n) is 1.61. The van der Waals surface area contributed by atoms with Gasteiger partial charge in [0.05, 0.1) is 5.60 Å². The first kappa shape index (κ1) is 12.7. The van der Waals surface area contributed by atoms with Crippen molar-refractivity contribution in [1.29, 1.82) is 0 Å². The summed E-state index contributed by atoms with van der Waals surface area (Å²) in [6, 6.07) is 0. The van der Waals surface area contributed by atoms with Gasteiger partial charge in [0.25, 0.3) is 0 Å². The van der Waals surface area contributed by atoms with Crippen LogP contribution in [-0.2, 0) is 0 Å². The van der Waals surface area contributed by atoms with Crippen LogP contribution in [0.4, 0.5) is 0 Å². The lowest BCUT2D eigenvalue weighted by molar-refractivity contribution is 0.0680. The Balaban J connectivity index is 4.31. The molecule has 0 aromatic carbocycles. The average molecular weight is 184 g/mol. The molecule has 0 bridgehead atoms. The zero-order valence-corrected chi connectivity index (χ0v) is 9.72. The fourth-order valence-corrected chi connectivity index (χ4v) is 1.61. The van der Waals surface area contributed by atoms with Crippen LogP contribution in [0.3, 0.4) is 0 Å². The molecule has 0 aromatic rings. The summed E-state index contributed by atoms with van der Waals surface area (Å²) in [5.41, 5.74) is 0.477. The molecule has 0 rings (SSSR count). The van der Waals surface area contributed by atoms with Crippen LogP contribution in [0.15, 0.2) is 11.6 Å². The second kappa shape index (κ2) is 5.43. The smallest absolute Gasteiger partial charge is 0.0828 e. The normalized spacial score (nSPS) is 17.6. The van der Waals surface area contributed by atoms with E-state index in [4.69, 9.17) is 0 Å². The Kier molecular flexibility index (Phi) is 5.31. The lowest BCUT2D eigenvalue weighted by Gasteiger charge is -2.28. The summed E-state index contributed by atoms with van der Waals surface area (Å²) in [5, 5.41) is 10.1. The molecule has 0 spiro atoms. The maximum atomic E-state index is 10.1. The van der Waals surface area contributed by atoms with Crippen LogP contribution in [0.2, 0.25) is 0 Å². The minimum absolute atomic E-state index is 0.606. The topological polar surface area (TPSA) is 20.2 Å². The number of rotatable bonds is 5. The summed E-state index contributed by atoms with van der Waals surface area (Å²) < 4.78 is 0. The monoisotopic (exact) mass is 184 g/mol. The molecule has 1 atom stereocenters. The SMILES string of the molecule is C/C=C(\C)C(C)(O)CC(CC)CC. The van der Waals surface area contributed by atoms with Crippen molar-refractivity contribution in [2.75, 3.05) is 0 Å². The van der Waals surface area contributed by atoms with Crippen LogP contribution in [-0.4, -0.2) is 10.7 Å². The van der Waals surface area contributed by atoms with Gasteiger partial charge in [-0.2, -0.15) is 0 Å². The largest absolute Gasteiger partial charge is 0.386 e. The Bertz CT molecular complexity index is 164. The van der Waals surface area contributed by atoms with Gasteiger partial charge in [-0.25, -0.2) is 0 Å². The van der Waals surface area contributed by atoms with Crippen molar-refractivity contribution in [3.05, 3.63) is 11.6 Å². The molecule has 0 aromatic heterocycles. The van der Waals surface area contributed by atoms with Crippen molar-refractivity contribution in [1.82, 2.24) is 0 Å². The Morgan fingerprint density at radius 2 is 1.85 bits per heavy atom. The number of allylic oxidation sites excluding steroid dienone is 1. The molecule has 13 heavy (non-hydrogen) atoms. The van der Waals surface area contributed by atoms with Crippen molar-refractivity contribution < 1.29 is 5.11 Å². The molecule has 0 saturated carbocycles. The summed E-state index contributed by atoms with van der Waals surface area (Å²) in [5.74, 6) is 0.643. The first-order chi connectivity index (χ1) is 5.97. The third kappa shape index (κ3) is 3.95. The van der Waals surface area contributed by atoms with Crippen LogP contribution < -0.4 is 0 Å². The van der Waals surface area contributed by atoms with E-state index < -0.39 is 5.60 Å². The molecule has 1 N–H and O–H groups in total. The van der Waals surface area contributed by atoms with Crippen LogP contribution in [0.1, 0.15) is 53.9 Å². The summed E-state index contributed by atoms with van der Waals surface area (Å²) in [6.45, 7) is 10.3. The van der Waals surface area contributed by atoms with Crippen molar-refractivity contribution in [2.45, 2.75) is 59.5 Å². The number of aliphatic hydroxyl groups is 1. The highest BCUT2D eigenvalue weighted by Gasteiger charge is 2.24. The second-order valence-electron chi connectivity index (χ2n) is 4.13. The Labute approximate surface area is 82.9 Å². The van der Waals surface area contributed by atoms with E-state index in [0.717, 1.165) is 24.8 Å². The lowest BCUT2D eigenvalue weighted by atomic mass is 9.84. The number of hydrogen-bond acceptors (Lipinski definition) is 1. The van der Waals surface area contributed by atoms with Gasteiger partial charge >= 0.3 is 0 Å². The van der Waals surface area contributed by atoms with Gasteiger partial charge in [0.2, 0.25) is 0 Å². The van der Waals surface area contributed by atoms with Crippen molar-refractivity contribution in [3.63, 3.8) is 0 Å². The van der Waals surface area contributed by atoms with Gasteiger partial charge in [-0.3, -0.25) is 0 Å². The standard InChI is InChI=1S/C12H24O/c1-6-10(4)12(5,13)9-11(7-2)8-3/h6,11,13H,7-9H2,1-5H3/b10-6+. The molecule has 0 amide bonds. The first-order valence-electron chi connectivity index (χ1n) is 5.33. The maximum Gasteiger partial charge on any atom is 0.0828 e. The summed E-state index contributed by atoms with van der Waals surface area (Å²) in [6.07, 6.45) is 5.20. The fraction of sp³-hybridized carbons (Fsp3) is 0.833. The molecule has 0 aliphatic heterocycles. The van der Waals surface area contributed by atoms with E-state index in [1.165, 1.54) is 0 Å². The molecule has 1 heteroatoms. The van der Waals surface area contributed by atoms with Gasteiger partial charge in [0.1, 0.15) is 0 Å². The molecular weight excluding hydrogens is 160 g/mol. The van der Waals surface area contributed by atoms with E-state index >= 15 is 0 Å². The molecule has 78 valence electrons. The second-order valence-corrected chi connectivity index (χ2v) is 4.13. The van der Waals surface area contributed by atoms with Gasteiger partial charge in [-0.15, -0.1) is 0 Å². The molecule has 0 aliphatic carbocycles. The maximum absolute atomic E-state index is 10.1. The Morgan fingerprint density at radius 1 is 1.38 bits per heavy atom. The van der Waals surface area contributed by atoms with Gasteiger partial charge < -0.3 is 5.11 Å². The van der Waals surface area contributed by atoms with Crippen molar-refractivity contribution in [2.24, 2.45) is 5.92 Å². The minimum atomic E-state index is -0.606. The first-order valence-corrected chi connectivity index (χ1v) is 5.33. The van der Waals surface area contributed by atoms with Crippen LogP contribution >= 0.6 is 0 Å². The predicted molar refractivity (Wildman–Crippen MR) is 58.7 cm³/mol. The minimum Gasteiger partial charge on any atom is -0.386 e. The summed E-state index contributed by atoms with van der Waals surface area (Å²) in [7, 11) is 0. The van der Waals surface area contributed by atoms with E-state index in [2.05, 4.69) is 13.8 Å². The predicted octanol–water partition coefficient (Wildman–Crippen LogP) is 3.53. The molecule has 0 saturated heterocycles. The summed E-state index contributed by atoms with van der Waals surface area (Å²) >= 11 is 0.